The fraction of sp³-hybridized carbons (Fsp3) is 0.189. The summed E-state index contributed by atoms with van der Waals surface area (Å²) < 4.78 is 17.2. The standard InChI is InChI=1S/C37H35N5O4/c1-25-31(39-37(46-25)28-13-7-4-8-14-28)21-22-45-29-19-17-26(18-20-29)23-33(36-40-34(24-44-2)41-42-36)38-32-16-10-9-15-30(32)35(43)27-11-5-3-6-12-27/h3-20,33,38H,21-24H2,1-2H3,(H,40,41,42)/t33-/m0/s1. The van der Waals surface area contributed by atoms with Gasteiger partial charge in [0.2, 0.25) is 5.89 Å². The molecule has 9 heteroatoms. The molecule has 0 aliphatic carbocycles. The number of ether oxygens (including phenoxy) is 2. The third kappa shape index (κ3) is 7.39. The van der Waals surface area contributed by atoms with E-state index in [-0.39, 0.29) is 11.8 Å². The number of nitrogens with zero attached hydrogens (tertiary/aromatic N) is 3. The Bertz CT molecular complexity index is 1870. The molecule has 0 saturated carbocycles. The number of oxazole rings is 1. The van der Waals surface area contributed by atoms with Gasteiger partial charge in [0, 0.05) is 35.9 Å². The first-order chi connectivity index (χ1) is 22.6. The van der Waals surface area contributed by atoms with E-state index in [1.54, 1.807) is 7.11 Å². The molecule has 0 aliphatic rings. The molecule has 0 spiro atoms. The van der Waals surface area contributed by atoms with Gasteiger partial charge in [-0.2, -0.15) is 5.10 Å². The number of aryl methyl sites for hydroxylation is 1. The Hall–Kier alpha value is -5.54. The van der Waals surface area contributed by atoms with Crippen molar-refractivity contribution in [2.75, 3.05) is 19.0 Å². The van der Waals surface area contributed by atoms with Gasteiger partial charge in [0.25, 0.3) is 0 Å². The Balaban J connectivity index is 1.14. The zero-order valence-electron chi connectivity index (χ0n) is 25.8. The number of hydrogen-bond donors (Lipinski definition) is 2. The van der Waals surface area contributed by atoms with E-state index < -0.39 is 0 Å². The normalized spacial score (nSPS) is 11.7. The van der Waals surface area contributed by atoms with Crippen molar-refractivity contribution in [3.63, 3.8) is 0 Å². The molecule has 2 N–H and O–H groups in total. The second-order valence-electron chi connectivity index (χ2n) is 10.8. The van der Waals surface area contributed by atoms with Crippen LogP contribution >= 0.6 is 0 Å². The van der Waals surface area contributed by atoms with E-state index in [2.05, 4.69) is 25.5 Å². The van der Waals surface area contributed by atoms with Crippen LogP contribution in [0.3, 0.4) is 0 Å². The molecule has 46 heavy (non-hydrogen) atoms. The summed E-state index contributed by atoms with van der Waals surface area (Å²) >= 11 is 0. The molecular formula is C37H35N5O4. The number of carbonyl (C=O) groups is 1. The number of para-hydroxylation sites is 1. The minimum absolute atomic E-state index is 0.0592. The Morgan fingerprint density at radius 3 is 2.37 bits per heavy atom. The highest BCUT2D eigenvalue weighted by Gasteiger charge is 2.21. The zero-order chi connectivity index (χ0) is 31.7. The van der Waals surface area contributed by atoms with Crippen LogP contribution in [0.25, 0.3) is 11.5 Å². The maximum Gasteiger partial charge on any atom is 0.226 e. The Labute approximate surface area is 267 Å². The van der Waals surface area contributed by atoms with Crippen LogP contribution < -0.4 is 10.1 Å². The van der Waals surface area contributed by atoms with Crippen LogP contribution in [0.1, 0.15) is 50.6 Å². The summed E-state index contributed by atoms with van der Waals surface area (Å²) in [7, 11) is 1.61. The number of aromatic amines is 1. The number of anilines is 1. The number of methoxy groups -OCH3 is 1. The molecule has 4 aromatic carbocycles. The minimum Gasteiger partial charge on any atom is -0.493 e. The summed E-state index contributed by atoms with van der Waals surface area (Å²) in [4.78, 5) is 22.7. The smallest absolute Gasteiger partial charge is 0.226 e. The highest BCUT2D eigenvalue weighted by Crippen LogP contribution is 2.27. The number of rotatable bonds is 14. The van der Waals surface area contributed by atoms with Gasteiger partial charge < -0.3 is 19.2 Å². The Morgan fingerprint density at radius 1 is 0.891 bits per heavy atom. The Morgan fingerprint density at radius 2 is 1.61 bits per heavy atom. The van der Waals surface area contributed by atoms with Crippen molar-refractivity contribution in [2.24, 2.45) is 0 Å². The monoisotopic (exact) mass is 613 g/mol. The quantitative estimate of drug-likeness (QED) is 0.124. The molecule has 9 nitrogen and oxygen atoms in total. The van der Waals surface area contributed by atoms with Crippen LogP contribution in [0.15, 0.2) is 114 Å². The van der Waals surface area contributed by atoms with Gasteiger partial charge in [-0.1, -0.05) is 72.8 Å². The number of H-pyrrole nitrogens is 1. The first-order valence-electron chi connectivity index (χ1n) is 15.2. The lowest BCUT2D eigenvalue weighted by atomic mass is 10.00. The third-order valence-electron chi connectivity index (χ3n) is 7.56. The highest BCUT2D eigenvalue weighted by atomic mass is 16.5. The molecule has 0 unspecified atom stereocenters. The maximum absolute atomic E-state index is 13.4. The van der Waals surface area contributed by atoms with E-state index in [4.69, 9.17) is 13.9 Å². The number of ketones is 1. The lowest BCUT2D eigenvalue weighted by molar-refractivity contribution is 0.103. The maximum atomic E-state index is 13.4. The van der Waals surface area contributed by atoms with Gasteiger partial charge in [0.1, 0.15) is 18.1 Å². The van der Waals surface area contributed by atoms with E-state index in [0.717, 1.165) is 28.3 Å². The topological polar surface area (TPSA) is 115 Å². The molecule has 0 saturated heterocycles. The summed E-state index contributed by atoms with van der Waals surface area (Å²) in [6, 6.07) is 34.3. The fourth-order valence-corrected chi connectivity index (χ4v) is 5.20. The first kappa shape index (κ1) is 30.5. The number of benzene rings is 4. The van der Waals surface area contributed by atoms with E-state index in [9.17, 15) is 4.79 Å². The predicted octanol–water partition coefficient (Wildman–Crippen LogP) is 7.16. The molecule has 0 amide bonds. The molecule has 6 rings (SSSR count). The van der Waals surface area contributed by atoms with Crippen molar-refractivity contribution in [2.45, 2.75) is 32.4 Å². The molecule has 0 radical (unpaired) electrons. The summed E-state index contributed by atoms with van der Waals surface area (Å²) in [5, 5.41) is 11.0. The number of nitrogens with one attached hydrogen (secondary N) is 2. The molecule has 232 valence electrons. The van der Waals surface area contributed by atoms with E-state index in [1.807, 2.05) is 116 Å². The molecule has 0 bridgehead atoms. The molecule has 0 fully saturated rings. The lowest BCUT2D eigenvalue weighted by Crippen LogP contribution is -2.18. The average Bonchev–Trinajstić information content (AvgIpc) is 3.72. The van der Waals surface area contributed by atoms with E-state index in [1.165, 1.54) is 0 Å². The summed E-state index contributed by atoms with van der Waals surface area (Å²) in [5.74, 6) is 3.32. The van der Waals surface area contributed by atoms with Gasteiger partial charge in [-0.3, -0.25) is 9.89 Å². The molecule has 1 atom stereocenters. The van der Waals surface area contributed by atoms with Crippen LogP contribution in [0.2, 0.25) is 0 Å². The largest absolute Gasteiger partial charge is 0.493 e. The minimum atomic E-state index is -0.327. The van der Waals surface area contributed by atoms with Crippen molar-refractivity contribution < 1.29 is 18.7 Å². The second kappa shape index (κ2) is 14.5. The first-order valence-corrected chi connectivity index (χ1v) is 15.2. The molecular weight excluding hydrogens is 578 g/mol. The SMILES string of the molecule is COCc1nc([C@H](Cc2ccc(OCCc3nc(-c4ccccc4)oc3C)cc2)Nc2ccccc2C(=O)c2ccccc2)n[nH]1. The lowest BCUT2D eigenvalue weighted by Gasteiger charge is -2.20. The van der Waals surface area contributed by atoms with Crippen LogP contribution in [-0.4, -0.2) is 39.7 Å². The molecule has 2 aromatic heterocycles. The third-order valence-corrected chi connectivity index (χ3v) is 7.56. The summed E-state index contributed by atoms with van der Waals surface area (Å²) in [6.07, 6.45) is 1.20. The van der Waals surface area contributed by atoms with Gasteiger partial charge >= 0.3 is 0 Å². The van der Waals surface area contributed by atoms with Crippen molar-refractivity contribution >= 4 is 11.5 Å². The van der Waals surface area contributed by atoms with Crippen LogP contribution in [0, 0.1) is 6.92 Å². The zero-order valence-corrected chi connectivity index (χ0v) is 25.8. The fourth-order valence-electron chi connectivity index (χ4n) is 5.20. The predicted molar refractivity (Wildman–Crippen MR) is 176 cm³/mol. The van der Waals surface area contributed by atoms with Crippen molar-refractivity contribution in [3.05, 3.63) is 149 Å². The number of carbonyl (C=O) groups excluding carboxylic acids is 1. The van der Waals surface area contributed by atoms with Gasteiger partial charge in [-0.05, 0) is 55.3 Å². The number of hydrogen-bond acceptors (Lipinski definition) is 8. The van der Waals surface area contributed by atoms with Gasteiger partial charge in [-0.25, -0.2) is 9.97 Å². The van der Waals surface area contributed by atoms with Gasteiger partial charge in [0.15, 0.2) is 17.4 Å². The van der Waals surface area contributed by atoms with Crippen LogP contribution in [-0.2, 0) is 24.2 Å². The van der Waals surface area contributed by atoms with Crippen LogP contribution in [0.4, 0.5) is 5.69 Å². The number of aromatic nitrogens is 4. The molecule has 0 aliphatic heterocycles. The summed E-state index contributed by atoms with van der Waals surface area (Å²) in [6.45, 7) is 2.71. The highest BCUT2D eigenvalue weighted by molar-refractivity contribution is 6.12. The van der Waals surface area contributed by atoms with Crippen molar-refractivity contribution in [1.82, 2.24) is 20.2 Å². The van der Waals surface area contributed by atoms with Crippen molar-refractivity contribution in [1.29, 1.82) is 0 Å². The van der Waals surface area contributed by atoms with Gasteiger partial charge in [-0.15, -0.1) is 0 Å². The Kier molecular flexibility index (Phi) is 9.61. The average molecular weight is 614 g/mol. The second-order valence-corrected chi connectivity index (χ2v) is 10.8. The molecule has 2 heterocycles. The van der Waals surface area contributed by atoms with Gasteiger partial charge in [0.05, 0.1) is 18.3 Å². The molecule has 6 aromatic rings. The van der Waals surface area contributed by atoms with E-state index in [0.29, 0.717) is 60.4 Å². The summed E-state index contributed by atoms with van der Waals surface area (Å²) in [5.41, 5.74) is 4.79. The van der Waals surface area contributed by atoms with Crippen LogP contribution in [0.5, 0.6) is 5.75 Å². The van der Waals surface area contributed by atoms with Crippen molar-refractivity contribution in [3.8, 4) is 17.2 Å². The van der Waals surface area contributed by atoms with E-state index >= 15 is 0 Å².